The van der Waals surface area contributed by atoms with Gasteiger partial charge in [-0.25, -0.2) is 0 Å². The Morgan fingerprint density at radius 1 is 0.763 bits per heavy atom. The van der Waals surface area contributed by atoms with Crippen LogP contribution in [0.5, 0.6) is 5.75 Å². The Morgan fingerprint density at radius 3 is 1.82 bits per heavy atom. The highest BCUT2D eigenvalue weighted by Gasteiger charge is 2.10. The van der Waals surface area contributed by atoms with E-state index in [1.54, 1.807) is 7.11 Å². The number of carbonyl (C=O) groups is 1. The number of likely N-dealkylation sites (tertiary alicyclic amines) is 1. The lowest BCUT2D eigenvalue weighted by atomic mass is 10.0. The van der Waals surface area contributed by atoms with Crippen molar-refractivity contribution in [3.05, 3.63) is 90.0 Å². The first kappa shape index (κ1) is 33.1. The van der Waals surface area contributed by atoms with Crippen LogP contribution in [-0.2, 0) is 17.6 Å². The molecule has 3 aromatic carbocycles. The molecule has 0 aliphatic carbocycles. The van der Waals surface area contributed by atoms with Gasteiger partial charge in [-0.3, -0.25) is 0 Å². The van der Waals surface area contributed by atoms with Crippen LogP contribution in [-0.4, -0.2) is 45.0 Å². The largest absolute Gasteiger partial charge is 0.497 e. The number of benzene rings is 3. The van der Waals surface area contributed by atoms with Gasteiger partial charge in [-0.2, -0.15) is 0 Å². The Balaban J connectivity index is 0.000000338. The molecule has 0 bridgehead atoms. The van der Waals surface area contributed by atoms with Gasteiger partial charge in [0.1, 0.15) is 12.0 Å². The van der Waals surface area contributed by atoms with Gasteiger partial charge in [0.15, 0.2) is 0 Å². The van der Waals surface area contributed by atoms with Gasteiger partial charge in [-0.1, -0.05) is 87.0 Å². The van der Waals surface area contributed by atoms with Gasteiger partial charge in [0.25, 0.3) is 0 Å². The van der Waals surface area contributed by atoms with Gasteiger partial charge in [0.2, 0.25) is 0 Å². The summed E-state index contributed by atoms with van der Waals surface area (Å²) in [5, 5.41) is 0. The molecule has 3 aromatic rings. The molecule has 1 heterocycles. The maximum absolute atomic E-state index is 9.40. The van der Waals surface area contributed by atoms with E-state index in [0.29, 0.717) is 6.42 Å². The molecule has 1 aliphatic heterocycles. The van der Waals surface area contributed by atoms with Crippen molar-refractivity contribution < 1.29 is 9.53 Å². The molecule has 1 fully saturated rings. The van der Waals surface area contributed by atoms with E-state index in [1.165, 1.54) is 81.0 Å². The maximum atomic E-state index is 9.40. The highest BCUT2D eigenvalue weighted by molar-refractivity contribution is 5.63. The third-order valence-electron chi connectivity index (χ3n) is 6.30. The Labute approximate surface area is 232 Å². The van der Waals surface area contributed by atoms with Crippen LogP contribution >= 0.6 is 0 Å². The average Bonchev–Trinajstić information content (AvgIpc) is 3.50. The van der Waals surface area contributed by atoms with Crippen molar-refractivity contribution in [3.63, 3.8) is 0 Å². The van der Waals surface area contributed by atoms with Crippen molar-refractivity contribution in [1.82, 2.24) is 4.90 Å². The van der Waals surface area contributed by atoms with Crippen LogP contribution in [0.4, 0.5) is 0 Å². The molecular formula is C34H50N2O2. The standard InChI is InChI=1S/C19H23N.C10H14O.C4H8O.CH5N/c1-2-8-18(9-3-1)19-12-10-17(11-13-19)7-6-16-20-14-4-5-15-20;1-3-4-9-5-7-10(11-2)8-6-9;1-2-3-4-5;1-2/h1-3,8-13H,4-7,14-16H2;5-8H,3-4H2,1-2H3;4H,2-3H2,1H3;2H2,1H3. The summed E-state index contributed by atoms with van der Waals surface area (Å²) in [6, 6.07) is 27.9. The monoisotopic (exact) mass is 518 g/mol. The fourth-order valence-corrected chi connectivity index (χ4v) is 4.21. The third-order valence-corrected chi connectivity index (χ3v) is 6.30. The smallest absolute Gasteiger partial charge is 0.119 e. The van der Waals surface area contributed by atoms with E-state index in [4.69, 9.17) is 4.74 Å². The summed E-state index contributed by atoms with van der Waals surface area (Å²) in [4.78, 5) is 12.0. The zero-order valence-electron chi connectivity index (χ0n) is 24.2. The predicted octanol–water partition coefficient (Wildman–Crippen LogP) is 7.59. The lowest BCUT2D eigenvalue weighted by Crippen LogP contribution is -2.20. The zero-order valence-corrected chi connectivity index (χ0v) is 24.2. The van der Waals surface area contributed by atoms with E-state index in [1.807, 2.05) is 19.1 Å². The lowest BCUT2D eigenvalue weighted by molar-refractivity contribution is -0.107. The number of rotatable bonds is 10. The number of methoxy groups -OCH3 is 1. The molecule has 0 unspecified atom stereocenters. The molecule has 2 N–H and O–H groups in total. The number of nitrogens with zero attached hydrogens (tertiary/aromatic N) is 1. The number of carbonyl (C=O) groups excluding carboxylic acids is 1. The van der Waals surface area contributed by atoms with Gasteiger partial charge in [-0.15, -0.1) is 0 Å². The van der Waals surface area contributed by atoms with Crippen LogP contribution in [0, 0.1) is 0 Å². The summed E-state index contributed by atoms with van der Waals surface area (Å²) in [6.07, 6.45) is 10.2. The molecule has 0 saturated carbocycles. The lowest BCUT2D eigenvalue weighted by Gasteiger charge is -2.14. The summed E-state index contributed by atoms with van der Waals surface area (Å²) in [5.41, 5.74) is 9.96. The highest BCUT2D eigenvalue weighted by atomic mass is 16.5. The third kappa shape index (κ3) is 14.1. The van der Waals surface area contributed by atoms with Gasteiger partial charge in [0, 0.05) is 6.42 Å². The van der Waals surface area contributed by atoms with E-state index in [2.05, 4.69) is 84.3 Å². The van der Waals surface area contributed by atoms with Gasteiger partial charge in [-0.05, 0) is 99.6 Å². The molecule has 4 nitrogen and oxygen atoms in total. The first-order valence-corrected chi connectivity index (χ1v) is 14.2. The summed E-state index contributed by atoms with van der Waals surface area (Å²) in [6.45, 7) is 8.05. The normalized spacial score (nSPS) is 12.1. The molecule has 0 radical (unpaired) electrons. The number of aryl methyl sites for hydroxylation is 2. The molecule has 0 aromatic heterocycles. The second kappa shape index (κ2) is 22.1. The van der Waals surface area contributed by atoms with Crippen LogP contribution in [0.1, 0.15) is 63.5 Å². The van der Waals surface area contributed by atoms with Crippen LogP contribution in [0.25, 0.3) is 11.1 Å². The SMILES string of the molecule is CCCC=O.CCCc1ccc(OC)cc1.CN.c1ccc(-c2ccc(CCCN3CCCC3)cc2)cc1. The second-order valence-corrected chi connectivity index (χ2v) is 9.27. The topological polar surface area (TPSA) is 55.6 Å². The average molecular weight is 519 g/mol. The molecule has 208 valence electrons. The van der Waals surface area contributed by atoms with E-state index >= 15 is 0 Å². The molecule has 0 atom stereocenters. The number of hydrogen-bond acceptors (Lipinski definition) is 4. The van der Waals surface area contributed by atoms with Gasteiger partial charge in [0.05, 0.1) is 7.11 Å². The Morgan fingerprint density at radius 2 is 1.32 bits per heavy atom. The molecule has 0 spiro atoms. The summed E-state index contributed by atoms with van der Waals surface area (Å²) in [5.74, 6) is 0.935. The van der Waals surface area contributed by atoms with Crippen molar-refractivity contribution in [2.24, 2.45) is 5.73 Å². The van der Waals surface area contributed by atoms with Gasteiger partial charge >= 0.3 is 0 Å². The molecule has 0 amide bonds. The second-order valence-electron chi connectivity index (χ2n) is 9.27. The summed E-state index contributed by atoms with van der Waals surface area (Å²) in [7, 11) is 3.19. The predicted molar refractivity (Wildman–Crippen MR) is 164 cm³/mol. The minimum Gasteiger partial charge on any atom is -0.497 e. The molecule has 1 aliphatic rings. The Hall–Kier alpha value is -2.95. The fourth-order valence-electron chi connectivity index (χ4n) is 4.21. The summed E-state index contributed by atoms with van der Waals surface area (Å²) < 4.78 is 5.05. The number of hydrogen-bond donors (Lipinski definition) is 1. The minimum absolute atomic E-state index is 0.708. The Kier molecular flexibility index (Phi) is 19.2. The van der Waals surface area contributed by atoms with Crippen molar-refractivity contribution in [1.29, 1.82) is 0 Å². The quantitative estimate of drug-likeness (QED) is 0.281. The van der Waals surface area contributed by atoms with Crippen molar-refractivity contribution >= 4 is 6.29 Å². The minimum atomic E-state index is 0.708. The summed E-state index contributed by atoms with van der Waals surface area (Å²) >= 11 is 0. The van der Waals surface area contributed by atoms with Crippen LogP contribution < -0.4 is 10.5 Å². The number of ether oxygens (including phenoxy) is 1. The van der Waals surface area contributed by atoms with Crippen LogP contribution in [0.3, 0.4) is 0 Å². The number of unbranched alkanes of at least 4 members (excludes halogenated alkanes) is 1. The van der Waals surface area contributed by atoms with Gasteiger partial charge < -0.3 is 20.2 Å². The first-order valence-electron chi connectivity index (χ1n) is 14.2. The fraction of sp³-hybridized carbons (Fsp3) is 0.441. The van der Waals surface area contributed by atoms with E-state index in [9.17, 15) is 4.79 Å². The van der Waals surface area contributed by atoms with E-state index in [-0.39, 0.29) is 0 Å². The first-order chi connectivity index (χ1) is 18.7. The van der Waals surface area contributed by atoms with E-state index < -0.39 is 0 Å². The maximum Gasteiger partial charge on any atom is 0.119 e. The molecule has 4 heteroatoms. The van der Waals surface area contributed by atoms with Crippen molar-refractivity contribution in [3.8, 4) is 16.9 Å². The van der Waals surface area contributed by atoms with Crippen molar-refractivity contribution in [2.75, 3.05) is 33.8 Å². The number of nitrogens with two attached hydrogens (primary N) is 1. The molecular weight excluding hydrogens is 468 g/mol. The highest BCUT2D eigenvalue weighted by Crippen LogP contribution is 2.20. The molecule has 1 saturated heterocycles. The molecule has 38 heavy (non-hydrogen) atoms. The zero-order chi connectivity index (χ0) is 27.8. The Bertz CT molecular complexity index is 934. The van der Waals surface area contributed by atoms with Crippen LogP contribution in [0.15, 0.2) is 78.9 Å². The number of aldehydes is 1. The van der Waals surface area contributed by atoms with Crippen LogP contribution in [0.2, 0.25) is 0 Å². The van der Waals surface area contributed by atoms with Crippen molar-refractivity contribution in [2.45, 2.75) is 65.2 Å². The van der Waals surface area contributed by atoms with E-state index in [0.717, 1.165) is 24.9 Å². The molecule has 4 rings (SSSR count).